The highest BCUT2D eigenvalue weighted by molar-refractivity contribution is 7.26. The average molecular weight is 1100 g/mol. The van der Waals surface area contributed by atoms with Gasteiger partial charge in [0.1, 0.15) is 0 Å². The van der Waals surface area contributed by atoms with Crippen LogP contribution in [0.25, 0.3) is 36.8 Å². The van der Waals surface area contributed by atoms with Crippen molar-refractivity contribution in [2.75, 3.05) is 14.7 Å². The van der Waals surface area contributed by atoms with Gasteiger partial charge in [0.15, 0.2) is 0 Å². The Hall–Kier alpha value is -7.80. The monoisotopic (exact) mass is 1100 g/mol. The van der Waals surface area contributed by atoms with Crippen LogP contribution in [0.4, 0.5) is 51.2 Å². The van der Waals surface area contributed by atoms with Gasteiger partial charge in [-0.1, -0.05) is 195 Å². The van der Waals surface area contributed by atoms with Crippen molar-refractivity contribution in [3.05, 3.63) is 221 Å². The van der Waals surface area contributed by atoms with E-state index in [9.17, 15) is 0 Å². The first-order valence-corrected chi connectivity index (χ1v) is 30.8. The van der Waals surface area contributed by atoms with Gasteiger partial charge in [-0.25, -0.2) is 0 Å². The van der Waals surface area contributed by atoms with Crippen LogP contribution in [0.1, 0.15) is 137 Å². The van der Waals surface area contributed by atoms with E-state index in [0.29, 0.717) is 0 Å². The molecule has 4 heterocycles. The predicted octanol–water partition coefficient (Wildman–Crippen LogP) is 20.3. The second-order valence-electron chi connectivity index (χ2n) is 28.9. The third-order valence-corrected chi connectivity index (χ3v) is 19.0. The molecule has 6 heteroatoms. The van der Waals surface area contributed by atoms with Crippen molar-refractivity contribution < 1.29 is 0 Å². The number of aryl methyl sites for hydroxylation is 1. The molecular weight excluding hydrogens is 1020 g/mol. The van der Waals surface area contributed by atoms with Crippen LogP contribution in [0.3, 0.4) is 0 Å². The molecule has 9 aromatic carbocycles. The van der Waals surface area contributed by atoms with Crippen LogP contribution in [-0.4, -0.2) is 11.3 Å². The van der Waals surface area contributed by atoms with E-state index in [1.165, 1.54) is 104 Å². The van der Waals surface area contributed by atoms with Gasteiger partial charge in [-0.05, 0) is 175 Å². The first kappa shape index (κ1) is 54.5. The highest BCUT2D eigenvalue weighted by Crippen LogP contribution is 2.52. The zero-order valence-electron chi connectivity index (χ0n) is 51.7. The molecule has 0 saturated heterocycles. The zero-order chi connectivity index (χ0) is 58.4. The van der Waals surface area contributed by atoms with Crippen LogP contribution in [0.15, 0.2) is 188 Å². The molecule has 2 aromatic heterocycles. The maximum Gasteiger partial charge on any atom is 0.273 e. The molecule has 0 spiro atoms. The molecule has 13 rings (SSSR count). The zero-order valence-corrected chi connectivity index (χ0v) is 52.5. The van der Waals surface area contributed by atoms with E-state index >= 15 is 0 Å². The largest absolute Gasteiger partial charge is 0.319 e. The molecule has 416 valence electrons. The van der Waals surface area contributed by atoms with Gasteiger partial charge in [0.05, 0.1) is 11.2 Å². The highest BCUT2D eigenvalue weighted by Gasteiger charge is 2.48. The number of anilines is 9. The summed E-state index contributed by atoms with van der Waals surface area (Å²) < 4.78 is 5.27. The van der Waals surface area contributed by atoms with Crippen molar-refractivity contribution in [1.29, 1.82) is 0 Å². The summed E-state index contributed by atoms with van der Waals surface area (Å²) in [6, 6.07) is 73.1. The Balaban J connectivity index is 1.16. The van der Waals surface area contributed by atoms with Gasteiger partial charge in [-0.3, -0.25) is 0 Å². The van der Waals surface area contributed by atoms with Gasteiger partial charge in [-0.15, -0.1) is 11.3 Å². The third kappa shape index (κ3) is 9.19. The summed E-state index contributed by atoms with van der Waals surface area (Å²) in [4.78, 5) is 7.72. The van der Waals surface area contributed by atoms with Gasteiger partial charge in [-0.2, -0.15) is 0 Å². The number of rotatable bonds is 6. The SMILES string of the molecule is Cc1cc2c3c(c1)N(c1ccc(C(C)(C)C)cc1)c1c(n(-c4ccc(C(C)(C)C)cc4)c4ccc5c6ccccc6sc5c14)B3c1ccc(N(c3ccc(C(C)(C)C)cc3)c3ccc(C(C)(C)C)cc3)cc1N2c1ccc(C(C)(C)C)cc1. The molecule has 11 aromatic rings. The van der Waals surface area contributed by atoms with Gasteiger partial charge < -0.3 is 19.3 Å². The summed E-state index contributed by atoms with van der Waals surface area (Å²) in [6.45, 7) is 36.7. The van der Waals surface area contributed by atoms with Gasteiger partial charge in [0.25, 0.3) is 6.71 Å². The molecule has 0 amide bonds. The van der Waals surface area contributed by atoms with Crippen molar-refractivity contribution >= 4 is 117 Å². The Kier molecular flexibility index (Phi) is 12.5. The van der Waals surface area contributed by atoms with E-state index < -0.39 is 0 Å². The summed E-state index contributed by atoms with van der Waals surface area (Å²) in [5, 5.41) is 3.88. The van der Waals surface area contributed by atoms with E-state index in [1.807, 2.05) is 11.3 Å². The number of hydrogen-bond donors (Lipinski definition) is 0. The average Bonchev–Trinajstić information content (AvgIpc) is 1.65. The number of fused-ring (bicyclic) bond motifs is 10. The topological polar surface area (TPSA) is 14.7 Å². The third-order valence-electron chi connectivity index (χ3n) is 17.8. The Morgan fingerprint density at radius 1 is 0.398 bits per heavy atom. The van der Waals surface area contributed by atoms with Crippen LogP contribution >= 0.6 is 11.3 Å². The summed E-state index contributed by atoms with van der Waals surface area (Å²) in [7, 11) is 0. The van der Waals surface area contributed by atoms with E-state index in [0.717, 1.165) is 34.1 Å². The lowest BCUT2D eigenvalue weighted by atomic mass is 9.35. The normalized spacial score (nSPS) is 13.7. The van der Waals surface area contributed by atoms with E-state index in [4.69, 9.17) is 0 Å². The predicted molar refractivity (Wildman–Crippen MR) is 363 cm³/mol. The molecule has 2 aliphatic heterocycles. The standard InChI is InChI=1S/C77H79BN4S/c1-48-45-65-69-66(46-48)81(57-37-27-52(28-38-57)76(11,12)13)70-68-63(44-42-61-60-19-17-18-20-67(60)83-71(61)68)82(58-39-29-53(30-40-58)77(14,15)16)72(70)78(69)62-43-41-59(47-64(62)80(65)56-35-25-51(26-36-56)75(8,9)10)79(54-31-21-49(22-32-54)73(2,3)4)55-33-23-50(24-34-55)74(5,6)7/h17-47H,1-16H3. The fourth-order valence-electron chi connectivity index (χ4n) is 13.1. The smallest absolute Gasteiger partial charge is 0.273 e. The minimum atomic E-state index is -0.167. The number of aromatic nitrogens is 1. The molecule has 2 aliphatic rings. The van der Waals surface area contributed by atoms with Crippen molar-refractivity contribution in [3.63, 3.8) is 0 Å². The highest BCUT2D eigenvalue weighted by atomic mass is 32.1. The maximum absolute atomic E-state index is 2.65. The fraction of sp³-hybridized carbons (Fsp3) is 0.273. The van der Waals surface area contributed by atoms with E-state index in [-0.39, 0.29) is 33.8 Å². The summed E-state index contributed by atoms with van der Waals surface area (Å²) in [5.41, 5.74) is 24.4. The number of benzene rings is 9. The van der Waals surface area contributed by atoms with Crippen molar-refractivity contribution in [2.45, 2.75) is 138 Å². The molecule has 0 unspecified atom stereocenters. The van der Waals surface area contributed by atoms with Gasteiger partial charge in [0, 0.05) is 82.3 Å². The molecule has 0 atom stereocenters. The Labute approximate surface area is 498 Å². The summed E-state index contributed by atoms with van der Waals surface area (Å²) >= 11 is 1.93. The summed E-state index contributed by atoms with van der Waals surface area (Å²) in [5.74, 6) is 0. The van der Waals surface area contributed by atoms with Crippen molar-refractivity contribution in [3.8, 4) is 5.69 Å². The number of hydrogen-bond acceptors (Lipinski definition) is 4. The van der Waals surface area contributed by atoms with E-state index in [1.54, 1.807) is 0 Å². The van der Waals surface area contributed by atoms with Crippen LogP contribution in [-0.2, 0) is 27.1 Å². The lowest BCUT2D eigenvalue weighted by Gasteiger charge is -2.44. The molecule has 0 bridgehead atoms. The molecule has 0 saturated carbocycles. The summed E-state index contributed by atoms with van der Waals surface area (Å²) in [6.07, 6.45) is 0. The Morgan fingerprint density at radius 3 is 1.33 bits per heavy atom. The molecule has 0 fully saturated rings. The van der Waals surface area contributed by atoms with Crippen molar-refractivity contribution in [2.24, 2.45) is 0 Å². The fourth-order valence-corrected chi connectivity index (χ4v) is 14.3. The Morgan fingerprint density at radius 2 is 0.831 bits per heavy atom. The van der Waals surface area contributed by atoms with Crippen LogP contribution in [0.5, 0.6) is 0 Å². The molecule has 0 N–H and O–H groups in total. The van der Waals surface area contributed by atoms with Crippen LogP contribution < -0.4 is 31.2 Å². The quantitative estimate of drug-likeness (QED) is 0.154. The van der Waals surface area contributed by atoms with Crippen LogP contribution in [0.2, 0.25) is 0 Å². The second-order valence-corrected chi connectivity index (χ2v) is 29.9. The van der Waals surface area contributed by atoms with Crippen molar-refractivity contribution in [1.82, 2.24) is 4.57 Å². The lowest BCUT2D eigenvalue weighted by Crippen LogP contribution is -2.63. The first-order valence-electron chi connectivity index (χ1n) is 29.9. The lowest BCUT2D eigenvalue weighted by molar-refractivity contribution is 0.590. The van der Waals surface area contributed by atoms with Gasteiger partial charge >= 0.3 is 0 Å². The Bertz CT molecular complexity index is 4260. The first-order chi connectivity index (χ1) is 39.2. The second kappa shape index (κ2) is 19.1. The molecular formula is C77H79BN4S. The minimum absolute atomic E-state index is 0.00657. The maximum atomic E-state index is 2.65. The van der Waals surface area contributed by atoms with E-state index in [2.05, 4.69) is 318 Å². The number of nitrogens with zero attached hydrogens (tertiary/aromatic N) is 4. The molecule has 0 radical (unpaired) electrons. The molecule has 4 nitrogen and oxygen atoms in total. The molecule has 0 aliphatic carbocycles. The van der Waals surface area contributed by atoms with Crippen LogP contribution in [0, 0.1) is 6.92 Å². The number of thiophene rings is 1. The molecule has 83 heavy (non-hydrogen) atoms. The van der Waals surface area contributed by atoms with Gasteiger partial charge in [0.2, 0.25) is 0 Å². The minimum Gasteiger partial charge on any atom is -0.319 e.